The van der Waals surface area contributed by atoms with Crippen LogP contribution < -0.4 is 19.6 Å². The molecule has 0 fully saturated rings. The van der Waals surface area contributed by atoms with Crippen molar-refractivity contribution in [2.45, 2.75) is 13.8 Å². The third kappa shape index (κ3) is 4.09. The Hall–Kier alpha value is -3.33. The van der Waals surface area contributed by atoms with Crippen molar-refractivity contribution in [1.82, 2.24) is 15.0 Å². The number of rotatable bonds is 7. The summed E-state index contributed by atoms with van der Waals surface area (Å²) in [6.07, 6.45) is 3.38. The molecule has 3 rings (SSSR count). The molecule has 2 aromatic heterocycles. The monoisotopic (exact) mass is 414 g/mol. The molecule has 0 radical (unpaired) electrons. The molecule has 0 atom stereocenters. The number of carbonyl (C=O) groups excluding carboxylic acids is 1. The molecule has 0 saturated heterocycles. The molecule has 8 nitrogen and oxygen atoms in total. The van der Waals surface area contributed by atoms with Crippen LogP contribution in [-0.2, 0) is 0 Å². The molecule has 152 valence electrons. The van der Waals surface area contributed by atoms with Crippen LogP contribution in [0.3, 0.4) is 0 Å². The van der Waals surface area contributed by atoms with Gasteiger partial charge in [-0.05, 0) is 32.0 Å². The van der Waals surface area contributed by atoms with Gasteiger partial charge in [0.15, 0.2) is 16.6 Å². The predicted molar refractivity (Wildman–Crippen MR) is 112 cm³/mol. The van der Waals surface area contributed by atoms with Gasteiger partial charge in [0.05, 0.1) is 27.5 Å². The molecule has 1 aromatic carbocycles. The fourth-order valence-corrected chi connectivity index (χ4v) is 3.73. The molecule has 1 amide bonds. The van der Waals surface area contributed by atoms with Crippen molar-refractivity contribution in [2.24, 2.45) is 5.10 Å². The Bertz CT molecular complexity index is 1020. The van der Waals surface area contributed by atoms with E-state index in [9.17, 15) is 4.79 Å². The van der Waals surface area contributed by atoms with Crippen molar-refractivity contribution in [3.8, 4) is 22.4 Å². The number of benzene rings is 1. The smallest absolute Gasteiger partial charge is 0.271 e. The Morgan fingerprint density at radius 1 is 1.14 bits per heavy atom. The maximum Gasteiger partial charge on any atom is 0.271 e. The summed E-state index contributed by atoms with van der Waals surface area (Å²) in [5, 5.41) is 6.92. The first kappa shape index (κ1) is 20.4. The number of methoxy groups -OCH3 is 3. The summed E-state index contributed by atoms with van der Waals surface area (Å²) >= 11 is 1.56. The maximum atomic E-state index is 12.5. The summed E-state index contributed by atoms with van der Waals surface area (Å²) < 4.78 is 17.9. The van der Waals surface area contributed by atoms with Crippen molar-refractivity contribution in [1.29, 1.82) is 0 Å². The molecule has 0 saturated carbocycles. The van der Waals surface area contributed by atoms with Gasteiger partial charge >= 0.3 is 0 Å². The molecular weight excluding hydrogens is 392 g/mol. The van der Waals surface area contributed by atoms with Crippen LogP contribution in [0.2, 0.25) is 0 Å². The van der Waals surface area contributed by atoms with E-state index in [2.05, 4.69) is 15.5 Å². The van der Waals surface area contributed by atoms with Crippen LogP contribution in [-0.4, -0.2) is 43.0 Å². The molecule has 29 heavy (non-hydrogen) atoms. The lowest BCUT2D eigenvalue weighted by Gasteiger charge is -2.13. The summed E-state index contributed by atoms with van der Waals surface area (Å²) in [4.78, 5) is 16.9. The number of hydrazone groups is 1. The number of nitrogens with zero attached hydrogens (tertiary/aromatic N) is 3. The fraction of sp³-hybridized carbons (Fsp3) is 0.250. The topological polar surface area (TPSA) is 87.0 Å². The first-order chi connectivity index (χ1) is 14.0. The van der Waals surface area contributed by atoms with Crippen LogP contribution >= 0.6 is 11.3 Å². The minimum atomic E-state index is -0.394. The largest absolute Gasteiger partial charge is 0.493 e. The maximum absolute atomic E-state index is 12.5. The Morgan fingerprint density at radius 2 is 1.83 bits per heavy atom. The number of aryl methyl sites for hydroxylation is 1. The number of ether oxygens (including phenoxy) is 3. The molecule has 0 aliphatic heterocycles. The highest BCUT2D eigenvalue weighted by Gasteiger charge is 2.17. The highest BCUT2D eigenvalue weighted by atomic mass is 32.1. The minimum Gasteiger partial charge on any atom is -0.493 e. The third-order valence-corrected chi connectivity index (χ3v) is 5.13. The van der Waals surface area contributed by atoms with Crippen molar-refractivity contribution < 1.29 is 19.0 Å². The number of hydrogen-bond donors (Lipinski definition) is 1. The average Bonchev–Trinajstić information content (AvgIpc) is 3.34. The Balaban J connectivity index is 1.79. The van der Waals surface area contributed by atoms with E-state index < -0.39 is 5.91 Å². The van der Waals surface area contributed by atoms with Crippen LogP contribution in [0, 0.1) is 13.8 Å². The Morgan fingerprint density at radius 3 is 2.38 bits per heavy atom. The number of amides is 1. The van der Waals surface area contributed by atoms with Crippen molar-refractivity contribution in [3.63, 3.8) is 0 Å². The number of carbonyl (C=O) groups is 1. The normalized spacial score (nSPS) is 10.9. The molecule has 9 heteroatoms. The second kappa shape index (κ2) is 8.78. The number of thiazole rings is 1. The van der Waals surface area contributed by atoms with Gasteiger partial charge in [-0.2, -0.15) is 5.10 Å². The van der Waals surface area contributed by atoms with Gasteiger partial charge in [-0.3, -0.25) is 9.36 Å². The van der Waals surface area contributed by atoms with Gasteiger partial charge in [-0.15, -0.1) is 11.3 Å². The number of hydrogen-bond acceptors (Lipinski definition) is 7. The van der Waals surface area contributed by atoms with Crippen LogP contribution in [0.25, 0.3) is 5.13 Å². The zero-order valence-electron chi connectivity index (χ0n) is 16.8. The first-order valence-electron chi connectivity index (χ1n) is 8.72. The van der Waals surface area contributed by atoms with Gasteiger partial charge in [-0.25, -0.2) is 10.4 Å². The molecule has 1 N–H and O–H groups in total. The highest BCUT2D eigenvalue weighted by molar-refractivity contribution is 7.12. The molecule has 3 aromatic rings. The Labute approximate surface area is 172 Å². The Kier molecular flexibility index (Phi) is 6.18. The van der Waals surface area contributed by atoms with E-state index in [1.54, 1.807) is 35.9 Å². The number of aromatic nitrogens is 2. The standard InChI is InChI=1S/C20H22N4O4S/c1-12-8-15(13(2)24(12)20-21-6-7-29-20)11-22-23-19(25)14-9-16(26-3)18(28-5)17(10-14)27-4/h6-11H,1-5H3,(H,23,25)/b22-11-. The van der Waals surface area contributed by atoms with Gasteiger partial charge in [-0.1, -0.05) is 0 Å². The van der Waals surface area contributed by atoms with Crippen LogP contribution in [0.1, 0.15) is 27.3 Å². The summed E-state index contributed by atoms with van der Waals surface area (Å²) in [5.41, 5.74) is 5.79. The van der Waals surface area contributed by atoms with Crippen molar-refractivity contribution in [2.75, 3.05) is 21.3 Å². The molecule has 0 aliphatic rings. The summed E-state index contributed by atoms with van der Waals surface area (Å²) in [5.74, 6) is 0.819. The van der Waals surface area contributed by atoms with Crippen LogP contribution in [0.5, 0.6) is 17.2 Å². The average molecular weight is 414 g/mol. The zero-order valence-corrected chi connectivity index (χ0v) is 17.7. The van der Waals surface area contributed by atoms with E-state index in [1.807, 2.05) is 29.9 Å². The van der Waals surface area contributed by atoms with Crippen molar-refractivity contribution in [3.05, 3.63) is 52.3 Å². The van der Waals surface area contributed by atoms with Gasteiger partial charge in [0.1, 0.15) is 0 Å². The quantitative estimate of drug-likeness (QED) is 0.473. The summed E-state index contributed by atoms with van der Waals surface area (Å²) in [6.45, 7) is 3.98. The fourth-order valence-electron chi connectivity index (χ4n) is 2.98. The van der Waals surface area contributed by atoms with Gasteiger partial charge in [0.25, 0.3) is 5.91 Å². The molecule has 2 heterocycles. The van der Waals surface area contributed by atoms with Gasteiger partial charge in [0.2, 0.25) is 5.75 Å². The van der Waals surface area contributed by atoms with Crippen LogP contribution in [0.15, 0.2) is 34.9 Å². The second-order valence-corrected chi connectivity index (χ2v) is 6.96. The van der Waals surface area contributed by atoms with Crippen LogP contribution in [0.4, 0.5) is 0 Å². The predicted octanol–water partition coefficient (Wildman–Crippen LogP) is 3.34. The van der Waals surface area contributed by atoms with E-state index in [1.165, 1.54) is 21.3 Å². The minimum absolute atomic E-state index is 0.338. The number of nitrogens with one attached hydrogen (secondary N) is 1. The van der Waals surface area contributed by atoms with Gasteiger partial charge in [0, 0.05) is 34.1 Å². The summed E-state index contributed by atoms with van der Waals surface area (Å²) in [6, 6.07) is 5.13. The van der Waals surface area contributed by atoms with E-state index in [-0.39, 0.29) is 0 Å². The molecule has 0 spiro atoms. The lowest BCUT2D eigenvalue weighted by molar-refractivity contribution is 0.0954. The lowest BCUT2D eigenvalue weighted by atomic mass is 10.1. The molecule has 0 unspecified atom stereocenters. The highest BCUT2D eigenvalue weighted by Crippen LogP contribution is 2.38. The van der Waals surface area contributed by atoms with E-state index in [0.717, 1.165) is 22.1 Å². The van der Waals surface area contributed by atoms with E-state index in [4.69, 9.17) is 14.2 Å². The van der Waals surface area contributed by atoms with Crippen molar-refractivity contribution >= 4 is 23.5 Å². The zero-order chi connectivity index (χ0) is 21.0. The molecule has 0 aliphatic carbocycles. The van der Waals surface area contributed by atoms with E-state index in [0.29, 0.717) is 22.8 Å². The second-order valence-electron chi connectivity index (χ2n) is 6.09. The summed E-state index contributed by atoms with van der Waals surface area (Å²) in [7, 11) is 4.50. The van der Waals surface area contributed by atoms with E-state index >= 15 is 0 Å². The third-order valence-electron chi connectivity index (χ3n) is 4.38. The van der Waals surface area contributed by atoms with Gasteiger partial charge < -0.3 is 14.2 Å². The SMILES string of the molecule is COc1cc(C(=O)N/N=C\c2cc(C)n(-c3nccs3)c2C)cc(OC)c1OC. The molecular formula is C20H22N4O4S. The lowest BCUT2D eigenvalue weighted by Crippen LogP contribution is -2.18. The molecule has 0 bridgehead atoms. The first-order valence-corrected chi connectivity index (χ1v) is 9.60.